The molecule has 162 valence electrons. The monoisotopic (exact) mass is 566 g/mol. The molecular weight excluding hydrogens is 558 g/mol. The molecule has 0 heterocycles. The fourth-order valence-electron chi connectivity index (χ4n) is 1.86. The number of rotatable bonds is 4. The van der Waals surface area contributed by atoms with Crippen molar-refractivity contribution in [2.45, 2.75) is 17.9 Å². The van der Waals surface area contributed by atoms with Crippen LogP contribution in [0.2, 0.25) is 0 Å². The van der Waals surface area contributed by atoms with E-state index in [1.54, 1.807) is 0 Å². The van der Waals surface area contributed by atoms with Crippen LogP contribution in [0.15, 0.2) is 48.5 Å². The van der Waals surface area contributed by atoms with Crippen LogP contribution < -0.4 is 0 Å². The Hall–Kier alpha value is -1.55. The van der Waals surface area contributed by atoms with Gasteiger partial charge in [-0.25, -0.2) is 0 Å². The fourth-order valence-corrected chi connectivity index (χ4v) is 8.54. The van der Waals surface area contributed by atoms with Gasteiger partial charge in [-0.05, 0) is 0 Å². The van der Waals surface area contributed by atoms with Crippen LogP contribution in [0.4, 0.5) is 39.5 Å². The normalized spacial score (nSPS) is 14.0. The molecule has 0 aliphatic rings. The van der Waals surface area contributed by atoms with Crippen LogP contribution >= 0.6 is 20.2 Å². The maximum absolute atomic E-state index is 12.9. The standard InChI is InChI=1S/C15H8F9IO3S/c16-13(17,18)9-3-1-5-11(7-9)25(28-29(26,27)15(22,23)24)12-6-2-4-10(8-12)14(19,20)21/h1-8H. The van der Waals surface area contributed by atoms with Crippen LogP contribution in [-0.2, 0) is 25.0 Å². The SMILES string of the molecule is O=S(=O)(OI(c1cccc(C(F)(F)F)c1)c1cccc(C(F)(F)F)c1)C(F)(F)F. The Morgan fingerprint density at radius 2 is 1.07 bits per heavy atom. The van der Waals surface area contributed by atoms with Crippen molar-refractivity contribution in [3.63, 3.8) is 0 Å². The molecule has 2 aromatic rings. The molecule has 2 aromatic carbocycles. The van der Waals surface area contributed by atoms with Crippen LogP contribution in [0, 0.1) is 7.14 Å². The van der Waals surface area contributed by atoms with E-state index in [-0.39, 0.29) is 0 Å². The molecule has 0 unspecified atom stereocenters. The Balaban J connectivity index is 2.66. The van der Waals surface area contributed by atoms with Crippen molar-refractivity contribution in [3.05, 3.63) is 66.8 Å². The maximum atomic E-state index is 12.9. The molecule has 0 saturated carbocycles. The van der Waals surface area contributed by atoms with E-state index >= 15 is 0 Å². The minimum absolute atomic E-state index is 0.358. The van der Waals surface area contributed by atoms with E-state index in [1.165, 1.54) is 0 Å². The third-order valence-corrected chi connectivity index (χ3v) is 10.1. The van der Waals surface area contributed by atoms with E-state index in [0.717, 1.165) is 24.3 Å². The molecule has 0 spiro atoms. The first kappa shape index (κ1) is 23.7. The van der Waals surface area contributed by atoms with Crippen LogP contribution in [0.3, 0.4) is 0 Å². The minimum atomic E-state index is -6.28. The van der Waals surface area contributed by atoms with Gasteiger partial charge in [0.2, 0.25) is 0 Å². The molecule has 0 N–H and O–H groups in total. The van der Waals surface area contributed by atoms with Crippen molar-refractivity contribution < 1.29 is 50.4 Å². The summed E-state index contributed by atoms with van der Waals surface area (Å²) < 4.78 is 141. The number of benzene rings is 2. The first-order chi connectivity index (χ1) is 13.0. The summed E-state index contributed by atoms with van der Waals surface area (Å²) in [4.78, 5) is 0. The van der Waals surface area contributed by atoms with Crippen molar-refractivity contribution in [2.24, 2.45) is 0 Å². The second kappa shape index (κ2) is 7.94. The van der Waals surface area contributed by atoms with Gasteiger partial charge in [-0.1, -0.05) is 0 Å². The molecule has 0 fully saturated rings. The number of halogens is 10. The van der Waals surface area contributed by atoms with Crippen LogP contribution in [0.25, 0.3) is 0 Å². The van der Waals surface area contributed by atoms with Crippen molar-refractivity contribution in [2.75, 3.05) is 0 Å². The molecule has 3 nitrogen and oxygen atoms in total. The van der Waals surface area contributed by atoms with Gasteiger partial charge < -0.3 is 0 Å². The van der Waals surface area contributed by atoms with Gasteiger partial charge >= 0.3 is 165 Å². The summed E-state index contributed by atoms with van der Waals surface area (Å²) in [7, 11) is -6.28. The van der Waals surface area contributed by atoms with Gasteiger partial charge in [0.25, 0.3) is 0 Å². The molecule has 0 aromatic heterocycles. The molecular formula is C15H8F9IO3S. The van der Waals surface area contributed by atoms with Crippen molar-refractivity contribution >= 4 is 30.4 Å². The Bertz CT molecular complexity index is 924. The summed E-state index contributed by atoms with van der Waals surface area (Å²) in [5.41, 5.74) is -8.55. The molecule has 0 aliphatic heterocycles. The van der Waals surface area contributed by atoms with Gasteiger partial charge in [0, 0.05) is 0 Å². The molecule has 0 atom stereocenters. The molecule has 14 heteroatoms. The summed E-state index contributed by atoms with van der Waals surface area (Å²) >= 11 is -4.41. The Kier molecular flexibility index (Phi) is 6.50. The Morgan fingerprint density at radius 1 is 0.690 bits per heavy atom. The molecule has 0 saturated heterocycles. The zero-order valence-electron chi connectivity index (χ0n) is 13.5. The van der Waals surface area contributed by atoms with Gasteiger partial charge in [-0.15, -0.1) is 0 Å². The summed E-state index contributed by atoms with van der Waals surface area (Å²) in [6.07, 6.45) is -9.84. The van der Waals surface area contributed by atoms with Crippen molar-refractivity contribution in [1.29, 1.82) is 0 Å². The summed E-state index contributed by atoms with van der Waals surface area (Å²) in [5, 5.41) is 0. The van der Waals surface area contributed by atoms with Crippen LogP contribution in [0.1, 0.15) is 11.1 Å². The zero-order chi connectivity index (χ0) is 22.3. The van der Waals surface area contributed by atoms with Gasteiger partial charge in [0.15, 0.2) is 0 Å². The first-order valence-electron chi connectivity index (χ1n) is 7.08. The molecule has 0 bridgehead atoms. The second-order valence-electron chi connectivity index (χ2n) is 5.23. The van der Waals surface area contributed by atoms with Gasteiger partial charge in [-0.3, -0.25) is 0 Å². The van der Waals surface area contributed by atoms with Crippen molar-refractivity contribution in [1.82, 2.24) is 0 Å². The molecule has 29 heavy (non-hydrogen) atoms. The van der Waals surface area contributed by atoms with E-state index < -0.39 is 66.5 Å². The predicted octanol–water partition coefficient (Wildman–Crippen LogP) is 6.05. The van der Waals surface area contributed by atoms with Crippen molar-refractivity contribution in [3.8, 4) is 0 Å². The number of hydrogen-bond acceptors (Lipinski definition) is 3. The molecule has 2 rings (SSSR count). The van der Waals surface area contributed by atoms with Crippen LogP contribution in [0.5, 0.6) is 0 Å². The summed E-state index contributed by atoms with van der Waals surface area (Å²) in [6.45, 7) is 0. The zero-order valence-corrected chi connectivity index (χ0v) is 16.5. The van der Waals surface area contributed by atoms with E-state index in [1.807, 2.05) is 0 Å². The molecule has 0 radical (unpaired) electrons. The predicted molar refractivity (Wildman–Crippen MR) is 90.4 cm³/mol. The van der Waals surface area contributed by atoms with E-state index in [9.17, 15) is 47.9 Å². The average Bonchev–Trinajstić information content (AvgIpc) is 2.57. The number of alkyl halides is 9. The number of hydrogen-bond donors (Lipinski definition) is 0. The van der Waals surface area contributed by atoms with E-state index in [4.69, 9.17) is 0 Å². The van der Waals surface area contributed by atoms with Crippen LogP contribution in [-0.4, -0.2) is 13.9 Å². The Morgan fingerprint density at radius 3 is 1.38 bits per heavy atom. The molecule has 0 aliphatic carbocycles. The quantitative estimate of drug-likeness (QED) is 0.257. The second-order valence-corrected chi connectivity index (χ2v) is 11.7. The van der Waals surface area contributed by atoms with Gasteiger partial charge in [-0.2, -0.15) is 0 Å². The Labute approximate surface area is 165 Å². The average molecular weight is 566 g/mol. The van der Waals surface area contributed by atoms with Gasteiger partial charge in [0.05, 0.1) is 0 Å². The van der Waals surface area contributed by atoms with E-state index in [2.05, 4.69) is 2.51 Å². The van der Waals surface area contributed by atoms with E-state index in [0.29, 0.717) is 24.3 Å². The summed E-state index contributed by atoms with van der Waals surface area (Å²) in [6, 6.07) is 5.18. The van der Waals surface area contributed by atoms with Gasteiger partial charge in [0.1, 0.15) is 0 Å². The molecule has 0 amide bonds. The topological polar surface area (TPSA) is 43.4 Å². The fraction of sp³-hybridized carbons (Fsp3) is 0.200. The third kappa shape index (κ3) is 5.75. The first-order valence-corrected chi connectivity index (χ1v) is 11.5. The third-order valence-electron chi connectivity index (χ3n) is 3.13. The summed E-state index contributed by atoms with van der Waals surface area (Å²) in [5.74, 6) is 0.